The number of rotatable bonds is 7. The molecule has 0 spiro atoms. The molecule has 1 aromatic carbocycles. The minimum absolute atomic E-state index is 0.0131. The molecular formula is C18H16N4O4S3. The Bertz CT molecular complexity index is 1160. The van der Waals surface area contributed by atoms with Gasteiger partial charge in [0.25, 0.3) is 0 Å². The van der Waals surface area contributed by atoms with Gasteiger partial charge < -0.3 is 11.1 Å². The van der Waals surface area contributed by atoms with E-state index in [1.165, 1.54) is 13.0 Å². The minimum atomic E-state index is -3.77. The predicted molar refractivity (Wildman–Crippen MR) is 112 cm³/mol. The topological polar surface area (TPSA) is 132 Å². The number of carbonyl (C=O) groups is 2. The van der Waals surface area contributed by atoms with E-state index in [0.29, 0.717) is 11.3 Å². The number of anilines is 2. The van der Waals surface area contributed by atoms with E-state index in [1.54, 1.807) is 35.7 Å². The Hall–Kier alpha value is -2.76. The van der Waals surface area contributed by atoms with Crippen LogP contribution in [0.2, 0.25) is 0 Å². The van der Waals surface area contributed by atoms with Crippen molar-refractivity contribution in [2.75, 3.05) is 16.8 Å². The standard InChI is InChI=1S/C18H16N4O4S3/c1-11(23)12-4-2-5-13(8-12)21-15(24)10-28-18-20-9-14(17(19)22-18)29(25,26)16-6-3-7-27-16/h2-9H,10H2,1H3,(H,21,24)(H2,19,20,22). The highest BCUT2D eigenvalue weighted by Crippen LogP contribution is 2.28. The normalized spacial score (nSPS) is 11.2. The second kappa shape index (κ2) is 8.72. The van der Waals surface area contributed by atoms with Crippen LogP contribution in [0.1, 0.15) is 17.3 Å². The molecule has 0 unspecified atom stereocenters. The Morgan fingerprint density at radius 3 is 2.69 bits per heavy atom. The van der Waals surface area contributed by atoms with E-state index in [4.69, 9.17) is 5.73 Å². The van der Waals surface area contributed by atoms with Crippen molar-refractivity contribution in [2.24, 2.45) is 0 Å². The molecule has 0 fully saturated rings. The summed E-state index contributed by atoms with van der Waals surface area (Å²) in [6.45, 7) is 1.45. The van der Waals surface area contributed by atoms with Crippen LogP contribution >= 0.6 is 23.1 Å². The van der Waals surface area contributed by atoms with Crippen LogP contribution in [0.4, 0.5) is 11.5 Å². The first-order valence-electron chi connectivity index (χ1n) is 8.22. The van der Waals surface area contributed by atoms with Gasteiger partial charge in [0.2, 0.25) is 15.7 Å². The van der Waals surface area contributed by atoms with Gasteiger partial charge >= 0.3 is 0 Å². The summed E-state index contributed by atoms with van der Waals surface area (Å²) in [5.74, 6) is -0.614. The van der Waals surface area contributed by atoms with Crippen LogP contribution in [-0.2, 0) is 14.6 Å². The minimum Gasteiger partial charge on any atom is -0.382 e. The highest BCUT2D eigenvalue weighted by molar-refractivity contribution is 7.99. The fourth-order valence-corrected chi connectivity index (χ4v) is 5.31. The van der Waals surface area contributed by atoms with Gasteiger partial charge in [0.15, 0.2) is 10.9 Å². The van der Waals surface area contributed by atoms with Crippen molar-refractivity contribution >= 4 is 56.1 Å². The lowest BCUT2D eigenvalue weighted by Crippen LogP contribution is -2.15. The van der Waals surface area contributed by atoms with Gasteiger partial charge in [-0.15, -0.1) is 11.3 Å². The molecule has 0 saturated heterocycles. The summed E-state index contributed by atoms with van der Waals surface area (Å²) < 4.78 is 25.2. The number of amides is 1. The third-order valence-electron chi connectivity index (χ3n) is 3.70. The number of thiophene rings is 1. The first-order valence-corrected chi connectivity index (χ1v) is 11.6. The number of nitrogens with zero attached hydrogens (tertiary/aromatic N) is 2. The number of thioether (sulfide) groups is 1. The molecule has 1 amide bonds. The summed E-state index contributed by atoms with van der Waals surface area (Å²) in [6, 6.07) is 9.71. The van der Waals surface area contributed by atoms with Crippen molar-refractivity contribution in [3.8, 4) is 0 Å². The maximum Gasteiger partial charge on any atom is 0.234 e. The van der Waals surface area contributed by atoms with Crippen LogP contribution in [0.5, 0.6) is 0 Å². The number of nitrogens with one attached hydrogen (secondary N) is 1. The molecule has 2 heterocycles. The van der Waals surface area contributed by atoms with Gasteiger partial charge in [-0.25, -0.2) is 18.4 Å². The summed E-state index contributed by atoms with van der Waals surface area (Å²) >= 11 is 2.09. The van der Waals surface area contributed by atoms with E-state index >= 15 is 0 Å². The molecule has 0 bridgehead atoms. The van der Waals surface area contributed by atoms with Gasteiger partial charge in [-0.2, -0.15) is 0 Å². The quantitative estimate of drug-likeness (QED) is 0.320. The highest BCUT2D eigenvalue weighted by Gasteiger charge is 2.23. The summed E-state index contributed by atoms with van der Waals surface area (Å²) in [4.78, 5) is 31.4. The Balaban J connectivity index is 1.66. The van der Waals surface area contributed by atoms with Crippen molar-refractivity contribution in [2.45, 2.75) is 21.2 Å². The zero-order valence-electron chi connectivity index (χ0n) is 15.2. The number of ketones is 1. The number of Topliss-reactive ketones (excluding diaryl/α,β-unsaturated/α-hetero) is 1. The molecule has 0 aliphatic carbocycles. The Kier molecular flexibility index (Phi) is 6.30. The summed E-state index contributed by atoms with van der Waals surface area (Å²) in [5.41, 5.74) is 6.81. The fourth-order valence-electron chi connectivity index (χ4n) is 2.31. The number of hydrogen-bond donors (Lipinski definition) is 2. The summed E-state index contributed by atoms with van der Waals surface area (Å²) in [6.07, 6.45) is 1.15. The second-order valence-corrected chi connectivity index (χ2v) is 9.85. The number of aromatic nitrogens is 2. The van der Waals surface area contributed by atoms with E-state index in [-0.39, 0.29) is 37.5 Å². The molecule has 0 atom stereocenters. The number of hydrogen-bond acceptors (Lipinski definition) is 9. The monoisotopic (exact) mass is 448 g/mol. The van der Waals surface area contributed by atoms with Crippen LogP contribution in [0.15, 0.2) is 62.2 Å². The molecule has 0 aliphatic heterocycles. The average Bonchev–Trinajstić information content (AvgIpc) is 3.22. The third kappa shape index (κ3) is 5.00. The molecule has 3 rings (SSSR count). The van der Waals surface area contributed by atoms with Crippen LogP contribution < -0.4 is 11.1 Å². The zero-order chi connectivity index (χ0) is 21.0. The Morgan fingerprint density at radius 2 is 2.03 bits per heavy atom. The number of nitrogen functional groups attached to an aromatic ring is 1. The van der Waals surface area contributed by atoms with Crippen molar-refractivity contribution in [3.05, 3.63) is 53.5 Å². The van der Waals surface area contributed by atoms with E-state index in [9.17, 15) is 18.0 Å². The molecule has 0 aliphatic rings. The molecular weight excluding hydrogens is 432 g/mol. The number of sulfone groups is 1. The Morgan fingerprint density at radius 1 is 1.24 bits per heavy atom. The van der Waals surface area contributed by atoms with Gasteiger partial charge in [0.05, 0.1) is 11.9 Å². The lowest BCUT2D eigenvalue weighted by atomic mass is 10.1. The maximum atomic E-state index is 12.5. The van der Waals surface area contributed by atoms with Crippen molar-refractivity contribution in [1.82, 2.24) is 9.97 Å². The molecule has 8 nitrogen and oxygen atoms in total. The number of nitrogens with two attached hydrogens (primary N) is 1. The third-order valence-corrected chi connectivity index (χ3v) is 7.72. The smallest absolute Gasteiger partial charge is 0.234 e. The molecule has 150 valence electrons. The molecule has 0 radical (unpaired) electrons. The molecule has 3 aromatic rings. The number of carbonyl (C=O) groups excluding carboxylic acids is 2. The molecule has 2 aromatic heterocycles. The maximum absolute atomic E-state index is 12.5. The summed E-state index contributed by atoms with van der Waals surface area (Å²) in [7, 11) is -3.77. The summed E-state index contributed by atoms with van der Waals surface area (Å²) in [5, 5.41) is 4.52. The van der Waals surface area contributed by atoms with Crippen molar-refractivity contribution in [3.63, 3.8) is 0 Å². The second-order valence-electron chi connectivity index (χ2n) is 5.81. The number of benzene rings is 1. The lowest BCUT2D eigenvalue weighted by molar-refractivity contribution is -0.113. The molecule has 29 heavy (non-hydrogen) atoms. The molecule has 0 saturated carbocycles. The lowest BCUT2D eigenvalue weighted by Gasteiger charge is -2.08. The van der Waals surface area contributed by atoms with Gasteiger partial charge in [-0.3, -0.25) is 9.59 Å². The van der Waals surface area contributed by atoms with E-state index in [0.717, 1.165) is 29.3 Å². The predicted octanol–water partition coefficient (Wildman–Crippen LogP) is 2.89. The van der Waals surface area contributed by atoms with E-state index in [2.05, 4.69) is 15.3 Å². The Labute approximate surface area is 175 Å². The largest absolute Gasteiger partial charge is 0.382 e. The van der Waals surface area contributed by atoms with Crippen LogP contribution in [0.3, 0.4) is 0 Å². The van der Waals surface area contributed by atoms with E-state index in [1.807, 2.05) is 0 Å². The first kappa shape index (κ1) is 21.0. The highest BCUT2D eigenvalue weighted by atomic mass is 32.2. The SMILES string of the molecule is CC(=O)c1cccc(NC(=O)CSc2ncc(S(=O)(=O)c3cccs3)c(N)n2)c1. The van der Waals surface area contributed by atoms with E-state index < -0.39 is 9.84 Å². The molecule has 3 N–H and O–H groups in total. The average molecular weight is 449 g/mol. The van der Waals surface area contributed by atoms with Gasteiger partial charge in [0.1, 0.15) is 14.9 Å². The van der Waals surface area contributed by atoms with Gasteiger partial charge in [0, 0.05) is 11.3 Å². The van der Waals surface area contributed by atoms with Gasteiger partial charge in [-0.1, -0.05) is 30.0 Å². The zero-order valence-corrected chi connectivity index (χ0v) is 17.6. The van der Waals surface area contributed by atoms with Crippen LogP contribution in [-0.4, -0.2) is 35.8 Å². The van der Waals surface area contributed by atoms with Crippen LogP contribution in [0.25, 0.3) is 0 Å². The fraction of sp³-hybridized carbons (Fsp3) is 0.111. The van der Waals surface area contributed by atoms with Crippen molar-refractivity contribution < 1.29 is 18.0 Å². The van der Waals surface area contributed by atoms with Crippen molar-refractivity contribution in [1.29, 1.82) is 0 Å². The first-order chi connectivity index (χ1) is 13.8. The van der Waals surface area contributed by atoms with Gasteiger partial charge in [-0.05, 0) is 30.5 Å². The molecule has 11 heteroatoms. The van der Waals surface area contributed by atoms with Crippen LogP contribution in [0, 0.1) is 0 Å².